The summed E-state index contributed by atoms with van der Waals surface area (Å²) in [7, 11) is 0. The highest BCUT2D eigenvalue weighted by molar-refractivity contribution is 5.68. The molecule has 88 valence electrons. The van der Waals surface area contributed by atoms with Gasteiger partial charge in [0, 0.05) is 0 Å². The number of ether oxygens (including phenoxy) is 1. The van der Waals surface area contributed by atoms with E-state index in [-0.39, 0.29) is 12.7 Å². The van der Waals surface area contributed by atoms with Crippen molar-refractivity contribution in [3.63, 3.8) is 0 Å². The highest BCUT2D eigenvalue weighted by Gasteiger charge is 2.31. The molecule has 0 aromatic carbocycles. The Morgan fingerprint density at radius 2 is 2.13 bits per heavy atom. The van der Waals surface area contributed by atoms with Crippen molar-refractivity contribution in [1.82, 2.24) is 0 Å². The molecule has 0 spiro atoms. The van der Waals surface area contributed by atoms with E-state index >= 15 is 0 Å². The third-order valence-corrected chi connectivity index (χ3v) is 3.38. The van der Waals surface area contributed by atoms with Gasteiger partial charge in [-0.1, -0.05) is 27.2 Å². The maximum atomic E-state index is 10.5. The maximum absolute atomic E-state index is 10.5. The first-order valence-corrected chi connectivity index (χ1v) is 5.84. The minimum absolute atomic E-state index is 0.143. The Labute approximate surface area is 91.8 Å². The Balaban J connectivity index is 2.50. The summed E-state index contributed by atoms with van der Waals surface area (Å²) < 4.78 is 5.49. The van der Waals surface area contributed by atoms with E-state index in [2.05, 4.69) is 20.8 Å². The molecular formula is C12H22O3. The van der Waals surface area contributed by atoms with E-state index in [0.29, 0.717) is 17.8 Å². The van der Waals surface area contributed by atoms with Crippen molar-refractivity contribution in [3.8, 4) is 0 Å². The maximum Gasteiger partial charge on any atom is 0.329 e. The molecule has 3 nitrogen and oxygen atoms in total. The SMILES string of the molecule is CC(C)[C@H]1CC[C@@H](C)C[C@H]1OCC(=O)O. The number of hydrogen-bond donors (Lipinski definition) is 1. The lowest BCUT2D eigenvalue weighted by Gasteiger charge is -2.36. The largest absolute Gasteiger partial charge is 0.480 e. The lowest BCUT2D eigenvalue weighted by Crippen LogP contribution is -2.35. The monoisotopic (exact) mass is 214 g/mol. The van der Waals surface area contributed by atoms with Gasteiger partial charge in [0.05, 0.1) is 6.10 Å². The number of hydrogen-bond acceptors (Lipinski definition) is 2. The predicted octanol–water partition coefficient (Wildman–Crippen LogP) is 2.55. The molecule has 1 aliphatic rings. The number of carboxylic acid groups (broad SMARTS) is 1. The molecule has 0 radical (unpaired) electrons. The average molecular weight is 214 g/mol. The van der Waals surface area contributed by atoms with Crippen molar-refractivity contribution in [2.24, 2.45) is 17.8 Å². The van der Waals surface area contributed by atoms with Crippen LogP contribution >= 0.6 is 0 Å². The third-order valence-electron chi connectivity index (χ3n) is 3.38. The predicted molar refractivity (Wildman–Crippen MR) is 58.7 cm³/mol. The second-order valence-electron chi connectivity index (χ2n) is 5.07. The van der Waals surface area contributed by atoms with E-state index < -0.39 is 5.97 Å². The standard InChI is InChI=1S/C12H22O3/c1-8(2)10-5-4-9(3)6-11(10)15-7-12(13)14/h8-11H,4-7H2,1-3H3,(H,13,14)/t9-,10-,11-/m1/s1. The molecule has 1 saturated carbocycles. The smallest absolute Gasteiger partial charge is 0.329 e. The van der Waals surface area contributed by atoms with Crippen LogP contribution in [0.1, 0.15) is 40.0 Å². The van der Waals surface area contributed by atoms with Crippen LogP contribution in [0.3, 0.4) is 0 Å². The van der Waals surface area contributed by atoms with Gasteiger partial charge in [-0.05, 0) is 30.6 Å². The zero-order valence-electron chi connectivity index (χ0n) is 9.90. The summed E-state index contributed by atoms with van der Waals surface area (Å²) in [5, 5.41) is 8.61. The van der Waals surface area contributed by atoms with Crippen LogP contribution in [0.4, 0.5) is 0 Å². The minimum atomic E-state index is -0.865. The van der Waals surface area contributed by atoms with Gasteiger partial charge >= 0.3 is 5.97 Å². The van der Waals surface area contributed by atoms with Crippen molar-refractivity contribution >= 4 is 5.97 Å². The van der Waals surface area contributed by atoms with Crippen LogP contribution < -0.4 is 0 Å². The molecule has 0 aromatic heterocycles. The van der Waals surface area contributed by atoms with Crippen LogP contribution in [0, 0.1) is 17.8 Å². The summed E-state index contributed by atoms with van der Waals surface area (Å²) in [6, 6.07) is 0. The van der Waals surface area contributed by atoms with E-state index in [1.54, 1.807) is 0 Å². The molecular weight excluding hydrogens is 192 g/mol. The zero-order chi connectivity index (χ0) is 11.4. The topological polar surface area (TPSA) is 46.5 Å². The second kappa shape index (κ2) is 5.50. The Morgan fingerprint density at radius 3 is 2.67 bits per heavy atom. The average Bonchev–Trinajstić information content (AvgIpc) is 2.14. The fourth-order valence-corrected chi connectivity index (χ4v) is 2.48. The quantitative estimate of drug-likeness (QED) is 0.782. The van der Waals surface area contributed by atoms with Crippen LogP contribution in [-0.2, 0) is 9.53 Å². The van der Waals surface area contributed by atoms with Crippen LogP contribution in [0.5, 0.6) is 0 Å². The van der Waals surface area contributed by atoms with Gasteiger partial charge in [-0.25, -0.2) is 4.79 Å². The lowest BCUT2D eigenvalue weighted by atomic mass is 9.75. The highest BCUT2D eigenvalue weighted by atomic mass is 16.5. The van der Waals surface area contributed by atoms with E-state index in [1.165, 1.54) is 12.8 Å². The number of carboxylic acids is 1. The molecule has 0 aromatic rings. The van der Waals surface area contributed by atoms with Gasteiger partial charge in [0.15, 0.2) is 0 Å². The van der Waals surface area contributed by atoms with Gasteiger partial charge in [0.2, 0.25) is 0 Å². The van der Waals surface area contributed by atoms with Crippen molar-refractivity contribution in [1.29, 1.82) is 0 Å². The molecule has 0 heterocycles. The normalized spacial score (nSPS) is 31.9. The summed E-state index contributed by atoms with van der Waals surface area (Å²) in [6.45, 7) is 6.45. The molecule has 0 aliphatic heterocycles. The Hall–Kier alpha value is -0.570. The zero-order valence-corrected chi connectivity index (χ0v) is 9.90. The summed E-state index contributed by atoms with van der Waals surface area (Å²) >= 11 is 0. The van der Waals surface area contributed by atoms with Crippen molar-refractivity contribution in [3.05, 3.63) is 0 Å². The van der Waals surface area contributed by atoms with E-state index in [0.717, 1.165) is 6.42 Å². The number of carbonyl (C=O) groups is 1. The molecule has 1 aliphatic carbocycles. The second-order valence-corrected chi connectivity index (χ2v) is 5.07. The Morgan fingerprint density at radius 1 is 1.47 bits per heavy atom. The van der Waals surface area contributed by atoms with Crippen LogP contribution in [0.25, 0.3) is 0 Å². The molecule has 3 heteroatoms. The molecule has 1 fully saturated rings. The summed E-state index contributed by atoms with van der Waals surface area (Å²) in [5.74, 6) is 0.909. The van der Waals surface area contributed by atoms with Gasteiger partial charge in [-0.2, -0.15) is 0 Å². The first kappa shape index (κ1) is 12.5. The van der Waals surface area contributed by atoms with Crippen molar-refractivity contribution < 1.29 is 14.6 Å². The fraction of sp³-hybridized carbons (Fsp3) is 0.917. The summed E-state index contributed by atoms with van der Waals surface area (Å²) in [4.78, 5) is 10.5. The number of aliphatic carboxylic acids is 1. The van der Waals surface area contributed by atoms with E-state index in [1.807, 2.05) is 0 Å². The third kappa shape index (κ3) is 3.82. The first-order chi connectivity index (χ1) is 7.00. The van der Waals surface area contributed by atoms with E-state index in [9.17, 15) is 4.79 Å². The van der Waals surface area contributed by atoms with Gasteiger partial charge in [0.1, 0.15) is 6.61 Å². The van der Waals surface area contributed by atoms with Crippen molar-refractivity contribution in [2.75, 3.05) is 6.61 Å². The molecule has 1 rings (SSSR count). The Bertz CT molecular complexity index is 213. The van der Waals surface area contributed by atoms with Crippen LogP contribution in [-0.4, -0.2) is 23.8 Å². The molecule has 3 atom stereocenters. The molecule has 1 N–H and O–H groups in total. The van der Waals surface area contributed by atoms with E-state index in [4.69, 9.17) is 9.84 Å². The Kier molecular flexibility index (Phi) is 4.58. The summed E-state index contributed by atoms with van der Waals surface area (Å²) in [6.07, 6.45) is 3.57. The molecule has 0 amide bonds. The summed E-state index contributed by atoms with van der Waals surface area (Å²) in [5.41, 5.74) is 0. The molecule has 15 heavy (non-hydrogen) atoms. The molecule has 0 saturated heterocycles. The molecule has 0 bridgehead atoms. The van der Waals surface area contributed by atoms with Crippen LogP contribution in [0.15, 0.2) is 0 Å². The fourth-order valence-electron chi connectivity index (χ4n) is 2.48. The highest BCUT2D eigenvalue weighted by Crippen LogP contribution is 2.35. The van der Waals surface area contributed by atoms with Gasteiger partial charge in [-0.15, -0.1) is 0 Å². The number of rotatable bonds is 4. The van der Waals surface area contributed by atoms with Gasteiger partial charge in [-0.3, -0.25) is 0 Å². The lowest BCUT2D eigenvalue weighted by molar-refractivity contribution is -0.147. The van der Waals surface area contributed by atoms with Crippen LogP contribution in [0.2, 0.25) is 0 Å². The minimum Gasteiger partial charge on any atom is -0.480 e. The van der Waals surface area contributed by atoms with Gasteiger partial charge < -0.3 is 9.84 Å². The van der Waals surface area contributed by atoms with Gasteiger partial charge in [0.25, 0.3) is 0 Å². The first-order valence-electron chi connectivity index (χ1n) is 5.84. The molecule has 0 unspecified atom stereocenters. The van der Waals surface area contributed by atoms with Crippen molar-refractivity contribution in [2.45, 2.75) is 46.1 Å².